The molecule has 0 saturated heterocycles. The molecule has 0 bridgehead atoms. The van der Waals surface area contributed by atoms with Crippen molar-refractivity contribution >= 4 is 21.9 Å². The predicted molar refractivity (Wildman–Crippen MR) is 123 cm³/mol. The minimum atomic E-state index is -0.870. The van der Waals surface area contributed by atoms with Gasteiger partial charge in [0.1, 0.15) is 0 Å². The monoisotopic (exact) mass is 548 g/mol. The summed E-state index contributed by atoms with van der Waals surface area (Å²) in [5.41, 5.74) is 0. The predicted octanol–water partition coefficient (Wildman–Crippen LogP) is 1.01. The Balaban J connectivity index is 3.01. The summed E-state index contributed by atoms with van der Waals surface area (Å²) in [5.74, 6) is -0.870. The molecule has 0 heterocycles. The van der Waals surface area contributed by atoms with Crippen molar-refractivity contribution in [3.05, 3.63) is 0 Å². The summed E-state index contributed by atoms with van der Waals surface area (Å²) in [5, 5.41) is 9.29. The van der Waals surface area contributed by atoms with E-state index in [9.17, 15) is 4.79 Å². The highest BCUT2D eigenvalue weighted by Gasteiger charge is 1.97. The molecule has 0 aliphatic rings. The molecule has 0 amide bonds. The van der Waals surface area contributed by atoms with Crippen LogP contribution in [0.2, 0.25) is 0 Å². The fourth-order valence-corrected chi connectivity index (χ4v) is 2.30. The van der Waals surface area contributed by atoms with Gasteiger partial charge in [-0.05, 0) is 0 Å². The first-order valence-electron chi connectivity index (χ1n) is 11.2. The molecule has 0 aliphatic heterocycles. The third kappa shape index (κ3) is 31.6. The van der Waals surface area contributed by atoms with Crippen LogP contribution in [-0.4, -0.2) is 135 Å². The van der Waals surface area contributed by atoms with Crippen LogP contribution >= 0.6 is 15.9 Å². The maximum absolute atomic E-state index is 10.3. The average Bonchev–Trinajstić information content (AvgIpc) is 2.80. The number of carboxylic acids is 1. The minimum Gasteiger partial charge on any atom is -0.481 e. The Morgan fingerprint density at radius 3 is 0.848 bits per heavy atom. The van der Waals surface area contributed by atoms with Gasteiger partial charge < -0.3 is 47.7 Å². The molecule has 0 rings (SSSR count). The van der Waals surface area contributed by atoms with Gasteiger partial charge in [0, 0.05) is 5.33 Å². The summed E-state index contributed by atoms with van der Waals surface area (Å²) < 4.78 is 48.0. The van der Waals surface area contributed by atoms with E-state index in [2.05, 4.69) is 15.9 Å². The summed E-state index contributed by atoms with van der Waals surface area (Å²) in [6, 6.07) is 0. The molecule has 198 valence electrons. The zero-order valence-electron chi connectivity index (χ0n) is 19.5. The fourth-order valence-electron chi connectivity index (χ4n) is 2.08. The Morgan fingerprint density at radius 1 is 0.424 bits per heavy atom. The van der Waals surface area contributed by atoms with E-state index >= 15 is 0 Å². The zero-order valence-corrected chi connectivity index (χ0v) is 21.1. The second-order valence-electron chi connectivity index (χ2n) is 6.34. The minimum absolute atomic E-state index is 0.00366. The van der Waals surface area contributed by atoms with Crippen LogP contribution in [0.1, 0.15) is 6.42 Å². The van der Waals surface area contributed by atoms with Gasteiger partial charge in [-0.3, -0.25) is 4.79 Å². The van der Waals surface area contributed by atoms with Gasteiger partial charge in [-0.15, -0.1) is 0 Å². The number of hydrogen-bond acceptors (Lipinski definition) is 10. The lowest BCUT2D eigenvalue weighted by Gasteiger charge is -2.08. The van der Waals surface area contributed by atoms with Gasteiger partial charge in [-0.1, -0.05) is 15.9 Å². The first kappa shape index (κ1) is 32.6. The van der Waals surface area contributed by atoms with Crippen LogP contribution in [0.25, 0.3) is 0 Å². The normalized spacial score (nSPS) is 11.3. The van der Waals surface area contributed by atoms with Crippen LogP contribution in [0.3, 0.4) is 0 Å². The first-order chi connectivity index (χ1) is 16.3. The van der Waals surface area contributed by atoms with E-state index in [4.69, 9.17) is 47.7 Å². The lowest BCUT2D eigenvalue weighted by Crippen LogP contribution is -2.15. The number of halogens is 1. The summed E-state index contributed by atoms with van der Waals surface area (Å²) in [4.78, 5) is 10.3. The molecule has 0 aromatic carbocycles. The zero-order chi connectivity index (χ0) is 24.1. The molecule has 0 radical (unpaired) electrons. The summed E-state index contributed by atoms with van der Waals surface area (Å²) in [7, 11) is 0. The van der Waals surface area contributed by atoms with Gasteiger partial charge in [-0.25, -0.2) is 0 Å². The van der Waals surface area contributed by atoms with Crippen molar-refractivity contribution in [2.45, 2.75) is 6.42 Å². The van der Waals surface area contributed by atoms with Crippen LogP contribution in [-0.2, 0) is 47.4 Å². The highest BCUT2D eigenvalue weighted by atomic mass is 79.9. The van der Waals surface area contributed by atoms with E-state index in [1.165, 1.54) is 0 Å². The Labute approximate surface area is 205 Å². The van der Waals surface area contributed by atoms with Crippen molar-refractivity contribution in [2.75, 3.05) is 124 Å². The van der Waals surface area contributed by atoms with Crippen LogP contribution in [0.5, 0.6) is 0 Å². The number of carboxylic acid groups (broad SMARTS) is 1. The summed E-state index contributed by atoms with van der Waals surface area (Å²) >= 11 is 3.29. The average molecular weight is 549 g/mol. The van der Waals surface area contributed by atoms with Crippen LogP contribution in [0, 0.1) is 0 Å². The molecular formula is C21H41BrO11. The topological polar surface area (TPSA) is 120 Å². The highest BCUT2D eigenvalue weighted by molar-refractivity contribution is 9.09. The SMILES string of the molecule is O=C(O)CCOCCOCCOCCOCCOCCOCCOCCOCCOCCBr. The fraction of sp³-hybridized carbons (Fsp3) is 0.952. The Kier molecular flexibility index (Phi) is 29.3. The molecule has 0 aliphatic carbocycles. The Bertz CT molecular complexity index is 391. The van der Waals surface area contributed by atoms with Crippen molar-refractivity contribution < 1.29 is 52.5 Å². The number of rotatable bonds is 29. The second kappa shape index (κ2) is 29.6. The van der Waals surface area contributed by atoms with Crippen molar-refractivity contribution in [1.82, 2.24) is 0 Å². The molecule has 0 atom stereocenters. The van der Waals surface area contributed by atoms with Crippen molar-refractivity contribution in [1.29, 1.82) is 0 Å². The lowest BCUT2D eigenvalue weighted by molar-refractivity contribution is -0.138. The number of carbonyl (C=O) groups is 1. The van der Waals surface area contributed by atoms with E-state index in [-0.39, 0.29) is 13.0 Å². The van der Waals surface area contributed by atoms with E-state index in [1.54, 1.807) is 0 Å². The quantitative estimate of drug-likeness (QED) is 0.106. The molecule has 11 nitrogen and oxygen atoms in total. The van der Waals surface area contributed by atoms with Crippen LogP contribution < -0.4 is 0 Å². The van der Waals surface area contributed by atoms with Gasteiger partial charge in [0.25, 0.3) is 0 Å². The third-order valence-electron chi connectivity index (χ3n) is 3.66. The molecule has 0 fully saturated rings. The van der Waals surface area contributed by atoms with Crippen LogP contribution in [0.15, 0.2) is 0 Å². The molecule has 1 N–H and O–H groups in total. The maximum atomic E-state index is 10.3. The molecule has 0 spiro atoms. The van der Waals surface area contributed by atoms with Crippen LogP contribution in [0.4, 0.5) is 0 Å². The maximum Gasteiger partial charge on any atom is 0.305 e. The molecule has 33 heavy (non-hydrogen) atoms. The van der Waals surface area contributed by atoms with Crippen molar-refractivity contribution in [2.24, 2.45) is 0 Å². The van der Waals surface area contributed by atoms with Gasteiger partial charge in [0.2, 0.25) is 0 Å². The first-order valence-corrected chi connectivity index (χ1v) is 12.4. The molecule has 12 heteroatoms. The lowest BCUT2D eigenvalue weighted by atomic mass is 10.5. The van der Waals surface area contributed by atoms with Gasteiger partial charge >= 0.3 is 5.97 Å². The number of alkyl halides is 1. The van der Waals surface area contributed by atoms with E-state index in [1.807, 2.05) is 0 Å². The highest BCUT2D eigenvalue weighted by Crippen LogP contribution is 1.87. The van der Waals surface area contributed by atoms with E-state index in [0.29, 0.717) is 112 Å². The van der Waals surface area contributed by atoms with E-state index < -0.39 is 5.97 Å². The smallest absolute Gasteiger partial charge is 0.305 e. The van der Waals surface area contributed by atoms with Gasteiger partial charge in [-0.2, -0.15) is 0 Å². The number of ether oxygens (including phenoxy) is 9. The number of hydrogen-bond donors (Lipinski definition) is 1. The van der Waals surface area contributed by atoms with Gasteiger partial charge in [0.05, 0.1) is 125 Å². The van der Waals surface area contributed by atoms with Gasteiger partial charge in [0.15, 0.2) is 0 Å². The summed E-state index contributed by atoms with van der Waals surface area (Å²) in [6.07, 6.45) is 0.00366. The van der Waals surface area contributed by atoms with Crippen molar-refractivity contribution in [3.63, 3.8) is 0 Å². The molecule has 0 saturated carbocycles. The van der Waals surface area contributed by atoms with Crippen molar-refractivity contribution in [3.8, 4) is 0 Å². The molecule has 0 unspecified atom stereocenters. The Morgan fingerprint density at radius 2 is 0.636 bits per heavy atom. The molecule has 0 aromatic heterocycles. The molecular weight excluding hydrogens is 508 g/mol. The Hall–Kier alpha value is -0.410. The largest absolute Gasteiger partial charge is 0.481 e. The standard InChI is InChI=1S/C21H41BrO11/c22-2-4-26-6-8-28-10-12-30-14-16-32-18-20-33-19-17-31-15-13-29-11-9-27-7-5-25-3-1-21(23)24/h1-20H2,(H,23,24). The van der Waals surface area contributed by atoms with E-state index in [0.717, 1.165) is 5.33 Å². The third-order valence-corrected chi connectivity index (χ3v) is 3.98. The summed E-state index contributed by atoms with van der Waals surface area (Å²) in [6.45, 7) is 8.90. The molecule has 0 aromatic rings. The second-order valence-corrected chi connectivity index (χ2v) is 7.14. The number of aliphatic carboxylic acids is 1.